The van der Waals surface area contributed by atoms with Gasteiger partial charge in [0.15, 0.2) is 0 Å². The fraction of sp³-hybridized carbons (Fsp3) is 0.0909. The van der Waals surface area contributed by atoms with Crippen LogP contribution in [0.1, 0.15) is 15.9 Å². The molecule has 0 saturated heterocycles. The van der Waals surface area contributed by atoms with Gasteiger partial charge in [-0.05, 0) is 48.0 Å². The number of ether oxygens (including phenoxy) is 1. The summed E-state index contributed by atoms with van der Waals surface area (Å²) in [5.41, 5.74) is 2.22. The van der Waals surface area contributed by atoms with Crippen LogP contribution >= 0.6 is 0 Å². The zero-order valence-corrected chi connectivity index (χ0v) is 15.7. The summed E-state index contributed by atoms with van der Waals surface area (Å²) in [6.45, 7) is 0.204. The van der Waals surface area contributed by atoms with E-state index in [0.717, 1.165) is 5.56 Å². The molecule has 0 saturated carbocycles. The maximum atomic E-state index is 13.0. The fourth-order valence-corrected chi connectivity index (χ4v) is 2.59. The van der Waals surface area contributed by atoms with Crippen molar-refractivity contribution >= 4 is 23.3 Å². The fourth-order valence-electron chi connectivity index (χ4n) is 2.59. The van der Waals surface area contributed by atoms with Gasteiger partial charge >= 0.3 is 6.03 Å². The van der Waals surface area contributed by atoms with Gasteiger partial charge in [-0.3, -0.25) is 4.79 Å². The summed E-state index contributed by atoms with van der Waals surface area (Å²) in [6.07, 6.45) is 0. The summed E-state index contributed by atoms with van der Waals surface area (Å²) in [6, 6.07) is 19.3. The third-order valence-electron chi connectivity index (χ3n) is 4.04. The number of hydrogen-bond donors (Lipinski definition) is 3. The third-order valence-corrected chi connectivity index (χ3v) is 4.04. The molecule has 3 rings (SSSR count). The lowest BCUT2D eigenvalue weighted by molar-refractivity contribution is 0.102. The molecule has 0 atom stereocenters. The van der Waals surface area contributed by atoms with Crippen molar-refractivity contribution in [2.75, 3.05) is 17.7 Å². The maximum absolute atomic E-state index is 13.0. The van der Waals surface area contributed by atoms with Gasteiger partial charge in [0.25, 0.3) is 5.91 Å². The lowest BCUT2D eigenvalue weighted by atomic mass is 10.1. The normalized spacial score (nSPS) is 10.1. The number of hydrogen-bond acceptors (Lipinski definition) is 3. The van der Waals surface area contributed by atoms with Crippen molar-refractivity contribution < 1.29 is 18.7 Å². The van der Waals surface area contributed by atoms with E-state index < -0.39 is 0 Å². The van der Waals surface area contributed by atoms with Gasteiger partial charge in [-0.25, -0.2) is 9.18 Å². The SMILES string of the molecule is CNC(=O)Nc1cccc(NC(=O)c2ccccc2OCc2ccc(F)cc2)c1. The van der Waals surface area contributed by atoms with E-state index in [1.54, 1.807) is 60.7 Å². The van der Waals surface area contributed by atoms with Crippen LogP contribution in [0.25, 0.3) is 0 Å². The van der Waals surface area contributed by atoms with E-state index in [-0.39, 0.29) is 24.4 Å². The van der Waals surface area contributed by atoms with Gasteiger partial charge in [-0.15, -0.1) is 0 Å². The summed E-state index contributed by atoms with van der Waals surface area (Å²) in [5.74, 6) is -0.257. The molecule has 0 aliphatic carbocycles. The summed E-state index contributed by atoms with van der Waals surface area (Å²) < 4.78 is 18.8. The first-order valence-corrected chi connectivity index (χ1v) is 8.91. The Bertz CT molecular complexity index is 1010. The quantitative estimate of drug-likeness (QED) is 0.580. The van der Waals surface area contributed by atoms with Crippen LogP contribution in [0.3, 0.4) is 0 Å². The minimum Gasteiger partial charge on any atom is -0.488 e. The van der Waals surface area contributed by atoms with Crippen LogP contribution < -0.4 is 20.7 Å². The Morgan fingerprint density at radius 1 is 0.897 bits per heavy atom. The van der Waals surface area contributed by atoms with Crippen LogP contribution in [0.15, 0.2) is 72.8 Å². The molecule has 3 aromatic rings. The average Bonchev–Trinajstić information content (AvgIpc) is 2.73. The van der Waals surface area contributed by atoms with Crippen molar-refractivity contribution in [2.24, 2.45) is 0 Å². The Balaban J connectivity index is 1.70. The second-order valence-electron chi connectivity index (χ2n) is 6.15. The molecule has 0 fully saturated rings. The molecule has 0 aliphatic rings. The molecular formula is C22H20FN3O3. The van der Waals surface area contributed by atoms with Crippen molar-refractivity contribution in [3.05, 3.63) is 89.7 Å². The second kappa shape index (κ2) is 9.36. The highest BCUT2D eigenvalue weighted by atomic mass is 19.1. The van der Waals surface area contributed by atoms with E-state index in [1.807, 2.05) is 0 Å². The van der Waals surface area contributed by atoms with E-state index in [2.05, 4.69) is 16.0 Å². The monoisotopic (exact) mass is 393 g/mol. The summed E-state index contributed by atoms with van der Waals surface area (Å²) in [5, 5.41) is 7.90. The smallest absolute Gasteiger partial charge is 0.318 e. The predicted molar refractivity (Wildman–Crippen MR) is 110 cm³/mol. The maximum Gasteiger partial charge on any atom is 0.318 e. The van der Waals surface area contributed by atoms with Gasteiger partial charge in [-0.2, -0.15) is 0 Å². The molecule has 0 bridgehead atoms. The van der Waals surface area contributed by atoms with Crippen molar-refractivity contribution in [3.63, 3.8) is 0 Å². The Hall–Kier alpha value is -3.87. The third kappa shape index (κ3) is 5.55. The molecule has 7 heteroatoms. The number of benzene rings is 3. The zero-order chi connectivity index (χ0) is 20.6. The summed E-state index contributed by atoms with van der Waals surface area (Å²) >= 11 is 0. The van der Waals surface area contributed by atoms with Crippen LogP contribution in [0.5, 0.6) is 5.75 Å². The summed E-state index contributed by atoms with van der Waals surface area (Å²) in [7, 11) is 1.52. The van der Waals surface area contributed by atoms with Crippen LogP contribution in [0, 0.1) is 5.82 Å². The molecule has 3 N–H and O–H groups in total. The van der Waals surface area contributed by atoms with Gasteiger partial charge in [0.2, 0.25) is 0 Å². The van der Waals surface area contributed by atoms with Gasteiger partial charge in [0.05, 0.1) is 5.56 Å². The molecule has 148 valence electrons. The second-order valence-corrected chi connectivity index (χ2v) is 6.15. The number of urea groups is 1. The van der Waals surface area contributed by atoms with Crippen LogP contribution in [0.4, 0.5) is 20.6 Å². The molecule has 0 aliphatic heterocycles. The number of nitrogens with one attached hydrogen (secondary N) is 3. The first kappa shape index (κ1) is 19.9. The molecule has 0 radical (unpaired) electrons. The van der Waals surface area contributed by atoms with Crippen molar-refractivity contribution in [2.45, 2.75) is 6.61 Å². The van der Waals surface area contributed by atoms with Gasteiger partial charge in [0.1, 0.15) is 18.2 Å². The number of rotatable bonds is 6. The average molecular weight is 393 g/mol. The Kier molecular flexibility index (Phi) is 6.42. The minimum atomic E-state index is -0.354. The minimum absolute atomic E-state index is 0.204. The first-order chi connectivity index (χ1) is 14.0. The predicted octanol–water partition coefficient (Wildman–Crippen LogP) is 4.41. The Morgan fingerprint density at radius 2 is 1.59 bits per heavy atom. The highest BCUT2D eigenvalue weighted by Crippen LogP contribution is 2.22. The molecule has 0 unspecified atom stereocenters. The molecule has 6 nitrogen and oxygen atoms in total. The molecule has 29 heavy (non-hydrogen) atoms. The van der Waals surface area contributed by atoms with Gasteiger partial charge < -0.3 is 20.7 Å². The molecule has 0 spiro atoms. The lowest BCUT2D eigenvalue weighted by Gasteiger charge is -2.12. The van der Waals surface area contributed by atoms with Crippen molar-refractivity contribution in [1.82, 2.24) is 5.32 Å². The highest BCUT2D eigenvalue weighted by molar-refractivity contribution is 6.06. The topological polar surface area (TPSA) is 79.5 Å². The number of halogens is 1. The number of carbonyl (C=O) groups is 2. The standard InChI is InChI=1S/C22H20FN3O3/c1-24-22(28)26-18-6-4-5-17(13-18)25-21(27)19-7-2-3-8-20(19)29-14-15-9-11-16(23)12-10-15/h2-13H,14H2,1H3,(H,25,27)(H2,24,26,28). The van der Waals surface area contributed by atoms with Crippen LogP contribution in [0.2, 0.25) is 0 Å². The number of para-hydroxylation sites is 1. The molecule has 0 heterocycles. The van der Waals surface area contributed by atoms with Crippen LogP contribution in [-0.4, -0.2) is 19.0 Å². The van der Waals surface area contributed by atoms with E-state index in [4.69, 9.17) is 4.74 Å². The Morgan fingerprint density at radius 3 is 2.31 bits per heavy atom. The van der Waals surface area contributed by atoms with E-state index >= 15 is 0 Å². The number of amides is 3. The van der Waals surface area contributed by atoms with Crippen LogP contribution in [-0.2, 0) is 6.61 Å². The largest absolute Gasteiger partial charge is 0.488 e. The van der Waals surface area contributed by atoms with Crippen molar-refractivity contribution in [1.29, 1.82) is 0 Å². The van der Waals surface area contributed by atoms with E-state index in [0.29, 0.717) is 22.7 Å². The zero-order valence-electron chi connectivity index (χ0n) is 15.7. The lowest BCUT2D eigenvalue weighted by Crippen LogP contribution is -2.24. The molecule has 3 amide bonds. The number of carbonyl (C=O) groups excluding carboxylic acids is 2. The van der Waals surface area contributed by atoms with E-state index in [1.165, 1.54) is 19.2 Å². The van der Waals surface area contributed by atoms with Crippen molar-refractivity contribution in [3.8, 4) is 5.75 Å². The summed E-state index contributed by atoms with van der Waals surface area (Å²) in [4.78, 5) is 24.2. The van der Waals surface area contributed by atoms with Gasteiger partial charge in [0, 0.05) is 18.4 Å². The van der Waals surface area contributed by atoms with E-state index in [9.17, 15) is 14.0 Å². The van der Waals surface area contributed by atoms with Gasteiger partial charge in [-0.1, -0.05) is 30.3 Å². The molecule has 3 aromatic carbocycles. The molecular weight excluding hydrogens is 373 g/mol. The highest BCUT2D eigenvalue weighted by Gasteiger charge is 2.13. The molecule has 0 aromatic heterocycles. The number of anilines is 2. The Labute approximate surface area is 167 Å². The first-order valence-electron chi connectivity index (χ1n) is 8.91.